The van der Waals surface area contributed by atoms with Crippen molar-refractivity contribution >= 4 is 52.4 Å². The molecule has 0 saturated carbocycles. The number of hydrogen-bond acceptors (Lipinski definition) is 7. The fourth-order valence-electron chi connectivity index (χ4n) is 2.92. The molecule has 9 heteroatoms. The number of anilines is 3. The Bertz CT molecular complexity index is 808. The highest BCUT2D eigenvalue weighted by Crippen LogP contribution is 2.39. The van der Waals surface area contributed by atoms with E-state index in [4.69, 9.17) is 34.7 Å². The van der Waals surface area contributed by atoms with Gasteiger partial charge in [0.25, 0.3) is 0 Å². The second kappa shape index (κ2) is 7.66. The molecule has 1 saturated heterocycles. The van der Waals surface area contributed by atoms with Crippen molar-refractivity contribution in [3.63, 3.8) is 0 Å². The Kier molecular flexibility index (Phi) is 5.69. The molecule has 1 aliphatic rings. The Morgan fingerprint density at radius 2 is 1.92 bits per heavy atom. The molecule has 0 radical (unpaired) electrons. The van der Waals surface area contributed by atoms with Gasteiger partial charge >= 0.3 is 0 Å². The van der Waals surface area contributed by atoms with E-state index in [2.05, 4.69) is 33.7 Å². The van der Waals surface area contributed by atoms with Crippen LogP contribution in [0.2, 0.25) is 10.2 Å². The van der Waals surface area contributed by atoms with Crippen LogP contribution in [-0.4, -0.2) is 28.0 Å². The van der Waals surface area contributed by atoms with Crippen LogP contribution in [0.1, 0.15) is 33.1 Å². The molecule has 0 bridgehead atoms. The quantitative estimate of drug-likeness (QED) is 0.712. The first-order valence-electron chi connectivity index (χ1n) is 8.48. The lowest BCUT2D eigenvalue weighted by atomic mass is 9.78. The van der Waals surface area contributed by atoms with Gasteiger partial charge in [-0.05, 0) is 24.3 Å². The zero-order valence-corrected chi connectivity index (χ0v) is 17.1. The van der Waals surface area contributed by atoms with Crippen molar-refractivity contribution in [3.8, 4) is 0 Å². The van der Waals surface area contributed by atoms with Gasteiger partial charge in [0.1, 0.15) is 16.7 Å². The fourth-order valence-corrected chi connectivity index (χ4v) is 4.21. The highest BCUT2D eigenvalue weighted by molar-refractivity contribution is 7.99. The first kappa shape index (κ1) is 19.3. The van der Waals surface area contributed by atoms with E-state index in [0.29, 0.717) is 26.2 Å². The molecule has 1 fully saturated rings. The molecule has 6 nitrogen and oxygen atoms in total. The lowest BCUT2D eigenvalue weighted by molar-refractivity contribution is 0.237. The Balaban J connectivity index is 1.77. The largest absolute Gasteiger partial charge is 0.384 e. The number of piperidine rings is 1. The summed E-state index contributed by atoms with van der Waals surface area (Å²) in [6.07, 6.45) is 5.24. The van der Waals surface area contributed by atoms with E-state index in [1.54, 1.807) is 12.3 Å². The number of pyridine rings is 1. The number of nitrogen functional groups attached to an aromatic ring is 2. The zero-order valence-electron chi connectivity index (χ0n) is 14.8. The molecule has 0 amide bonds. The molecule has 3 heterocycles. The van der Waals surface area contributed by atoms with Gasteiger partial charge in [-0.2, -0.15) is 0 Å². The van der Waals surface area contributed by atoms with Crippen LogP contribution in [0.5, 0.6) is 0 Å². The molecule has 0 atom stereocenters. The number of halogens is 2. The Morgan fingerprint density at radius 3 is 2.54 bits per heavy atom. The van der Waals surface area contributed by atoms with Crippen molar-refractivity contribution in [2.75, 3.05) is 29.5 Å². The molecule has 0 unspecified atom stereocenters. The molecule has 1 aliphatic heterocycles. The summed E-state index contributed by atoms with van der Waals surface area (Å²) in [6.45, 7) is 6.53. The Morgan fingerprint density at radius 1 is 1.23 bits per heavy atom. The van der Waals surface area contributed by atoms with Crippen LogP contribution >= 0.6 is 35.0 Å². The van der Waals surface area contributed by atoms with Crippen molar-refractivity contribution in [1.82, 2.24) is 15.0 Å². The minimum atomic E-state index is 0.157. The van der Waals surface area contributed by atoms with E-state index >= 15 is 0 Å². The number of hydrogen-bond donors (Lipinski definition) is 2. The SMILES string of the molecule is CCC1(C)CCN(c2cnc(Sc3cc(N)nc(Cl)c3Cl)c(N)n2)CC1. The van der Waals surface area contributed by atoms with Gasteiger partial charge in [0.15, 0.2) is 11.0 Å². The van der Waals surface area contributed by atoms with E-state index in [9.17, 15) is 0 Å². The third-order valence-electron chi connectivity index (χ3n) is 5.01. The van der Waals surface area contributed by atoms with Crippen molar-refractivity contribution in [2.45, 2.75) is 43.0 Å². The molecular weight excluding hydrogens is 391 g/mol. The minimum Gasteiger partial charge on any atom is -0.384 e. The van der Waals surface area contributed by atoms with Crippen LogP contribution in [-0.2, 0) is 0 Å². The van der Waals surface area contributed by atoms with E-state index in [-0.39, 0.29) is 11.0 Å². The average molecular weight is 413 g/mol. The summed E-state index contributed by atoms with van der Waals surface area (Å²) in [7, 11) is 0. The first-order valence-corrected chi connectivity index (χ1v) is 10.1. The van der Waals surface area contributed by atoms with Crippen LogP contribution in [0.3, 0.4) is 0 Å². The first-order chi connectivity index (χ1) is 12.3. The Labute approximate surface area is 167 Å². The molecule has 4 N–H and O–H groups in total. The molecule has 2 aromatic rings. The fraction of sp³-hybridized carbons (Fsp3) is 0.471. The maximum Gasteiger partial charge on any atom is 0.158 e. The third kappa shape index (κ3) is 4.10. The van der Waals surface area contributed by atoms with Crippen LogP contribution in [0.4, 0.5) is 17.5 Å². The van der Waals surface area contributed by atoms with Gasteiger partial charge in [0, 0.05) is 18.0 Å². The number of aromatic nitrogens is 3. The summed E-state index contributed by atoms with van der Waals surface area (Å²) in [5.74, 6) is 1.46. The predicted molar refractivity (Wildman–Crippen MR) is 109 cm³/mol. The van der Waals surface area contributed by atoms with Crippen LogP contribution in [0, 0.1) is 5.41 Å². The van der Waals surface area contributed by atoms with Crippen LogP contribution in [0.15, 0.2) is 22.2 Å². The molecule has 2 aromatic heterocycles. The zero-order chi connectivity index (χ0) is 18.9. The van der Waals surface area contributed by atoms with E-state index in [1.807, 2.05) is 0 Å². The Hall–Kier alpha value is -1.44. The van der Waals surface area contributed by atoms with E-state index in [0.717, 1.165) is 31.7 Å². The summed E-state index contributed by atoms with van der Waals surface area (Å²) < 4.78 is 0. The van der Waals surface area contributed by atoms with Crippen LogP contribution < -0.4 is 16.4 Å². The summed E-state index contributed by atoms with van der Waals surface area (Å²) >= 11 is 13.4. The summed E-state index contributed by atoms with van der Waals surface area (Å²) in [4.78, 5) is 15.8. The molecule has 0 aromatic carbocycles. The van der Waals surface area contributed by atoms with Crippen molar-refractivity contribution in [1.29, 1.82) is 0 Å². The monoisotopic (exact) mass is 412 g/mol. The molecule has 3 rings (SSSR count). The molecule has 0 aliphatic carbocycles. The van der Waals surface area contributed by atoms with Gasteiger partial charge in [0.2, 0.25) is 0 Å². The number of nitrogens with two attached hydrogens (primary N) is 2. The molecule has 140 valence electrons. The van der Waals surface area contributed by atoms with Crippen molar-refractivity contribution < 1.29 is 0 Å². The van der Waals surface area contributed by atoms with Crippen LogP contribution in [0.25, 0.3) is 0 Å². The second-order valence-corrected chi connectivity index (χ2v) is 8.59. The van der Waals surface area contributed by atoms with Gasteiger partial charge in [-0.3, -0.25) is 0 Å². The van der Waals surface area contributed by atoms with Crippen molar-refractivity contribution in [2.24, 2.45) is 5.41 Å². The van der Waals surface area contributed by atoms with Gasteiger partial charge in [-0.1, -0.05) is 55.2 Å². The highest BCUT2D eigenvalue weighted by atomic mass is 35.5. The number of rotatable bonds is 4. The highest BCUT2D eigenvalue weighted by Gasteiger charge is 2.29. The topological polar surface area (TPSA) is 94.0 Å². The summed E-state index contributed by atoms with van der Waals surface area (Å²) in [5, 5.41) is 1.04. The standard InChI is InChI=1S/C17H22Cl2N6S/c1-3-17(2)4-6-25(7-5-17)12-9-22-16(15(21)24-12)26-10-8-11(20)23-14(19)13(10)18/h8-9H,3-7H2,1-2H3,(H2,20,23)(H2,21,24). The maximum absolute atomic E-state index is 6.19. The average Bonchev–Trinajstić information content (AvgIpc) is 2.61. The molecule has 0 spiro atoms. The second-order valence-electron chi connectivity index (χ2n) is 6.82. The maximum atomic E-state index is 6.19. The lowest BCUT2D eigenvalue weighted by Crippen LogP contribution is -2.39. The van der Waals surface area contributed by atoms with Crippen molar-refractivity contribution in [3.05, 3.63) is 22.4 Å². The van der Waals surface area contributed by atoms with Gasteiger partial charge in [-0.15, -0.1) is 0 Å². The summed E-state index contributed by atoms with van der Waals surface area (Å²) in [5.41, 5.74) is 12.3. The normalized spacial score (nSPS) is 16.7. The smallest absolute Gasteiger partial charge is 0.158 e. The van der Waals surface area contributed by atoms with E-state index in [1.165, 1.54) is 18.2 Å². The van der Waals surface area contributed by atoms with E-state index < -0.39 is 0 Å². The lowest BCUT2D eigenvalue weighted by Gasteiger charge is -2.39. The molecular formula is C17H22Cl2N6S. The molecule has 26 heavy (non-hydrogen) atoms. The minimum absolute atomic E-state index is 0.157. The van der Waals surface area contributed by atoms with Gasteiger partial charge < -0.3 is 16.4 Å². The van der Waals surface area contributed by atoms with Gasteiger partial charge in [0.05, 0.1) is 11.2 Å². The number of nitrogens with zero attached hydrogens (tertiary/aromatic N) is 4. The third-order valence-corrected chi connectivity index (χ3v) is 6.92. The van der Waals surface area contributed by atoms with Gasteiger partial charge in [-0.25, -0.2) is 15.0 Å². The predicted octanol–water partition coefficient (Wildman–Crippen LogP) is 4.51. The summed E-state index contributed by atoms with van der Waals surface area (Å²) in [6, 6.07) is 1.64.